The van der Waals surface area contributed by atoms with E-state index in [2.05, 4.69) is 0 Å². The molecule has 18 heavy (non-hydrogen) atoms. The molecule has 0 heterocycles. The third-order valence-electron chi connectivity index (χ3n) is 2.40. The molecule has 0 saturated heterocycles. The highest BCUT2D eigenvalue weighted by molar-refractivity contribution is 5.96. The van der Waals surface area contributed by atoms with Gasteiger partial charge in [-0.3, -0.25) is 9.59 Å². The first-order chi connectivity index (χ1) is 8.34. The zero-order chi connectivity index (χ0) is 13.9. The van der Waals surface area contributed by atoms with Crippen molar-refractivity contribution in [3.8, 4) is 0 Å². The Hall–Kier alpha value is -1.98. The van der Waals surface area contributed by atoms with Gasteiger partial charge in [-0.05, 0) is 12.1 Å². The van der Waals surface area contributed by atoms with Gasteiger partial charge in [0.05, 0.1) is 12.1 Å². The number of nitrogens with zero attached hydrogens (tertiary/aromatic N) is 2. The van der Waals surface area contributed by atoms with Crippen molar-refractivity contribution < 1.29 is 18.4 Å². The summed E-state index contributed by atoms with van der Waals surface area (Å²) in [6.07, 6.45) is 0. The van der Waals surface area contributed by atoms with Crippen molar-refractivity contribution in [3.05, 3.63) is 35.4 Å². The minimum atomic E-state index is -1.20. The lowest BCUT2D eigenvalue weighted by atomic mass is 10.2. The van der Waals surface area contributed by atoms with Crippen LogP contribution in [0.25, 0.3) is 0 Å². The summed E-state index contributed by atoms with van der Waals surface area (Å²) in [4.78, 5) is 25.6. The molecular formula is C12H14F2N2O2. The second-order valence-corrected chi connectivity index (χ2v) is 4.05. The number of amides is 2. The smallest absolute Gasteiger partial charge is 0.257 e. The van der Waals surface area contributed by atoms with Gasteiger partial charge in [-0.1, -0.05) is 6.07 Å². The van der Waals surface area contributed by atoms with E-state index in [1.165, 1.54) is 24.1 Å². The number of halogens is 2. The Kier molecular flexibility index (Phi) is 4.36. The molecule has 0 radical (unpaired) electrons. The van der Waals surface area contributed by atoms with Crippen LogP contribution in [-0.4, -0.2) is 49.3 Å². The lowest BCUT2D eigenvalue weighted by molar-refractivity contribution is -0.129. The van der Waals surface area contributed by atoms with Crippen molar-refractivity contribution in [2.24, 2.45) is 0 Å². The topological polar surface area (TPSA) is 40.6 Å². The van der Waals surface area contributed by atoms with Crippen LogP contribution < -0.4 is 0 Å². The first kappa shape index (κ1) is 14.1. The fourth-order valence-electron chi connectivity index (χ4n) is 1.29. The van der Waals surface area contributed by atoms with Gasteiger partial charge in [0.25, 0.3) is 5.91 Å². The lowest BCUT2D eigenvalue weighted by Gasteiger charge is -2.19. The molecule has 0 N–H and O–H groups in total. The van der Waals surface area contributed by atoms with E-state index in [4.69, 9.17) is 0 Å². The second kappa shape index (κ2) is 5.57. The van der Waals surface area contributed by atoms with Crippen LogP contribution in [0.15, 0.2) is 18.2 Å². The van der Waals surface area contributed by atoms with Gasteiger partial charge in [-0.25, -0.2) is 8.78 Å². The Morgan fingerprint density at radius 1 is 1.17 bits per heavy atom. The van der Waals surface area contributed by atoms with Crippen molar-refractivity contribution >= 4 is 11.8 Å². The van der Waals surface area contributed by atoms with Gasteiger partial charge in [0.1, 0.15) is 0 Å². The predicted octanol–water partition coefficient (Wildman–Crippen LogP) is 1.13. The summed E-state index contributed by atoms with van der Waals surface area (Å²) in [5.41, 5.74) is -0.385. The van der Waals surface area contributed by atoms with Crippen LogP contribution in [0.2, 0.25) is 0 Å². The van der Waals surface area contributed by atoms with Crippen LogP contribution in [0, 0.1) is 11.6 Å². The Morgan fingerprint density at radius 3 is 2.33 bits per heavy atom. The van der Waals surface area contributed by atoms with Gasteiger partial charge in [0.2, 0.25) is 5.91 Å². The molecule has 0 aromatic heterocycles. The Labute approximate surface area is 104 Å². The molecule has 0 fully saturated rings. The van der Waals surface area contributed by atoms with Crippen molar-refractivity contribution in [2.75, 3.05) is 27.7 Å². The van der Waals surface area contributed by atoms with E-state index in [0.717, 1.165) is 11.0 Å². The summed E-state index contributed by atoms with van der Waals surface area (Å²) >= 11 is 0. The van der Waals surface area contributed by atoms with Crippen molar-refractivity contribution in [2.45, 2.75) is 0 Å². The van der Waals surface area contributed by atoms with Gasteiger partial charge in [-0.2, -0.15) is 0 Å². The number of carbonyl (C=O) groups is 2. The van der Waals surface area contributed by atoms with Crippen LogP contribution in [0.5, 0.6) is 0 Å². The average molecular weight is 256 g/mol. The maximum atomic E-state index is 13.4. The molecule has 1 rings (SSSR count). The highest BCUT2D eigenvalue weighted by Gasteiger charge is 2.20. The number of rotatable bonds is 3. The normalized spacial score (nSPS) is 10.1. The van der Waals surface area contributed by atoms with Crippen LogP contribution in [-0.2, 0) is 4.79 Å². The van der Waals surface area contributed by atoms with Crippen molar-refractivity contribution in [3.63, 3.8) is 0 Å². The van der Waals surface area contributed by atoms with E-state index in [1.807, 2.05) is 0 Å². The summed E-state index contributed by atoms with van der Waals surface area (Å²) in [7, 11) is 4.45. The average Bonchev–Trinajstić information content (AvgIpc) is 2.31. The zero-order valence-electron chi connectivity index (χ0n) is 10.4. The van der Waals surface area contributed by atoms with Crippen molar-refractivity contribution in [1.82, 2.24) is 9.80 Å². The monoisotopic (exact) mass is 256 g/mol. The van der Waals surface area contributed by atoms with Crippen LogP contribution in [0.3, 0.4) is 0 Å². The van der Waals surface area contributed by atoms with Crippen LogP contribution in [0.1, 0.15) is 10.4 Å². The van der Waals surface area contributed by atoms with E-state index < -0.39 is 17.5 Å². The molecule has 4 nitrogen and oxygen atoms in total. The van der Waals surface area contributed by atoms with Gasteiger partial charge in [-0.15, -0.1) is 0 Å². The number of hydrogen-bond donors (Lipinski definition) is 0. The molecule has 0 aliphatic heterocycles. The Bertz CT molecular complexity index is 475. The molecule has 0 aliphatic carbocycles. The Balaban J connectivity index is 2.87. The fraction of sp³-hybridized carbons (Fsp3) is 0.333. The number of likely N-dealkylation sites (N-methyl/N-ethyl adjacent to an activating group) is 2. The second-order valence-electron chi connectivity index (χ2n) is 4.05. The maximum Gasteiger partial charge on any atom is 0.257 e. The molecule has 0 atom stereocenters. The molecule has 0 saturated carbocycles. The van der Waals surface area contributed by atoms with Gasteiger partial charge >= 0.3 is 0 Å². The van der Waals surface area contributed by atoms with E-state index in [-0.39, 0.29) is 18.0 Å². The molecule has 0 unspecified atom stereocenters. The van der Waals surface area contributed by atoms with E-state index in [1.54, 1.807) is 14.1 Å². The van der Waals surface area contributed by atoms with Crippen LogP contribution in [0.4, 0.5) is 8.78 Å². The first-order valence-corrected chi connectivity index (χ1v) is 5.24. The summed E-state index contributed by atoms with van der Waals surface area (Å²) in [5.74, 6) is -3.33. The van der Waals surface area contributed by atoms with E-state index >= 15 is 0 Å². The molecule has 1 aromatic carbocycles. The SMILES string of the molecule is CN(C)C(=O)CN(C)C(=O)c1cccc(F)c1F. The maximum absolute atomic E-state index is 13.4. The highest BCUT2D eigenvalue weighted by Crippen LogP contribution is 2.13. The fourth-order valence-corrected chi connectivity index (χ4v) is 1.29. The molecule has 0 spiro atoms. The summed E-state index contributed by atoms with van der Waals surface area (Å²) in [5, 5.41) is 0. The van der Waals surface area contributed by atoms with Crippen molar-refractivity contribution in [1.29, 1.82) is 0 Å². The minimum Gasteiger partial charge on any atom is -0.347 e. The largest absolute Gasteiger partial charge is 0.347 e. The predicted molar refractivity (Wildman–Crippen MR) is 62.0 cm³/mol. The van der Waals surface area contributed by atoms with E-state index in [9.17, 15) is 18.4 Å². The molecule has 98 valence electrons. The number of benzene rings is 1. The summed E-state index contributed by atoms with van der Waals surface area (Å²) < 4.78 is 26.4. The minimum absolute atomic E-state index is 0.193. The number of carbonyl (C=O) groups excluding carboxylic acids is 2. The highest BCUT2D eigenvalue weighted by atomic mass is 19.2. The van der Waals surface area contributed by atoms with E-state index in [0.29, 0.717) is 0 Å². The molecule has 2 amide bonds. The molecule has 1 aromatic rings. The molecule has 6 heteroatoms. The summed E-state index contributed by atoms with van der Waals surface area (Å²) in [6.45, 7) is -0.193. The molecular weight excluding hydrogens is 242 g/mol. The zero-order valence-corrected chi connectivity index (χ0v) is 10.4. The van der Waals surface area contributed by atoms with Crippen LogP contribution >= 0.6 is 0 Å². The molecule has 0 bridgehead atoms. The third-order valence-corrected chi connectivity index (χ3v) is 2.40. The van der Waals surface area contributed by atoms with Gasteiger partial charge in [0.15, 0.2) is 11.6 Å². The quantitative estimate of drug-likeness (QED) is 0.813. The standard InChI is InChI=1S/C12H14F2N2O2/c1-15(2)10(17)7-16(3)12(18)8-5-4-6-9(13)11(8)14/h4-6H,7H2,1-3H3. The summed E-state index contributed by atoms with van der Waals surface area (Å²) in [6, 6.07) is 3.35. The third kappa shape index (κ3) is 3.03. The first-order valence-electron chi connectivity index (χ1n) is 5.24. The number of hydrogen-bond acceptors (Lipinski definition) is 2. The Morgan fingerprint density at radius 2 is 1.78 bits per heavy atom. The van der Waals surface area contributed by atoms with Gasteiger partial charge < -0.3 is 9.80 Å². The van der Waals surface area contributed by atoms with Gasteiger partial charge in [0, 0.05) is 21.1 Å². The lowest BCUT2D eigenvalue weighted by Crippen LogP contribution is -2.38. The molecule has 0 aliphatic rings.